The lowest BCUT2D eigenvalue weighted by atomic mass is 10.3. The van der Waals surface area contributed by atoms with Crippen LogP contribution in [0.2, 0.25) is 0 Å². The van der Waals surface area contributed by atoms with E-state index in [0.717, 1.165) is 24.4 Å². The van der Waals surface area contributed by atoms with E-state index in [-0.39, 0.29) is 4.21 Å². The van der Waals surface area contributed by atoms with Crippen molar-refractivity contribution in [3.63, 3.8) is 0 Å². The Morgan fingerprint density at radius 1 is 1.21 bits per heavy atom. The van der Waals surface area contributed by atoms with Crippen molar-refractivity contribution >= 4 is 21.4 Å². The molecule has 2 fully saturated rings. The zero-order valence-electron chi connectivity index (χ0n) is 10.4. The number of piperazine rings is 1. The summed E-state index contributed by atoms with van der Waals surface area (Å²) in [5.41, 5.74) is 0. The van der Waals surface area contributed by atoms with Crippen molar-refractivity contribution in [3.05, 3.63) is 17.0 Å². The molecular formula is C12H15N3O2S2. The molecule has 5 nitrogen and oxygen atoms in total. The summed E-state index contributed by atoms with van der Waals surface area (Å²) >= 11 is 1.05. The number of nitriles is 1. The van der Waals surface area contributed by atoms with Gasteiger partial charge in [0.2, 0.25) is 0 Å². The summed E-state index contributed by atoms with van der Waals surface area (Å²) in [4.78, 5) is 2.82. The van der Waals surface area contributed by atoms with Crippen LogP contribution in [0, 0.1) is 11.3 Å². The number of nitrogens with zero attached hydrogens (tertiary/aromatic N) is 3. The van der Waals surface area contributed by atoms with Crippen LogP contribution in [0.1, 0.15) is 17.7 Å². The molecule has 1 aliphatic carbocycles. The lowest BCUT2D eigenvalue weighted by molar-refractivity contribution is 0.181. The molecule has 0 aromatic carbocycles. The van der Waals surface area contributed by atoms with Crippen LogP contribution in [-0.2, 0) is 10.0 Å². The Morgan fingerprint density at radius 3 is 2.42 bits per heavy atom. The molecule has 0 bridgehead atoms. The summed E-state index contributed by atoms with van der Waals surface area (Å²) in [6.07, 6.45) is 2.51. The van der Waals surface area contributed by atoms with E-state index >= 15 is 0 Å². The molecule has 0 spiro atoms. The number of hydrogen-bond donors (Lipinski definition) is 0. The van der Waals surface area contributed by atoms with Gasteiger partial charge in [-0.1, -0.05) is 0 Å². The monoisotopic (exact) mass is 297 g/mol. The van der Waals surface area contributed by atoms with Crippen molar-refractivity contribution in [2.45, 2.75) is 23.1 Å². The topological polar surface area (TPSA) is 64.4 Å². The second-order valence-corrected chi connectivity index (χ2v) is 8.15. The first-order valence-corrected chi connectivity index (χ1v) is 8.61. The normalized spacial score (nSPS) is 22.3. The van der Waals surface area contributed by atoms with Gasteiger partial charge in [-0.25, -0.2) is 8.42 Å². The molecule has 0 radical (unpaired) electrons. The Kier molecular flexibility index (Phi) is 3.35. The van der Waals surface area contributed by atoms with Gasteiger partial charge < -0.3 is 0 Å². The largest absolute Gasteiger partial charge is 0.298 e. The summed E-state index contributed by atoms with van der Waals surface area (Å²) in [6.45, 7) is 2.75. The molecule has 7 heteroatoms. The van der Waals surface area contributed by atoms with E-state index in [1.807, 2.05) is 6.07 Å². The molecule has 0 amide bonds. The van der Waals surface area contributed by atoms with Crippen molar-refractivity contribution in [1.29, 1.82) is 5.26 Å². The number of sulfonamides is 1. The van der Waals surface area contributed by atoms with E-state index in [4.69, 9.17) is 5.26 Å². The highest BCUT2D eigenvalue weighted by Crippen LogP contribution is 2.29. The SMILES string of the molecule is N#Cc1ccc(S(=O)(=O)N2CCN(C3CC3)CC2)s1. The second-order valence-electron chi connectivity index (χ2n) is 4.90. The van der Waals surface area contributed by atoms with Gasteiger partial charge in [-0.15, -0.1) is 11.3 Å². The fraction of sp³-hybridized carbons (Fsp3) is 0.583. The minimum Gasteiger partial charge on any atom is -0.298 e. The van der Waals surface area contributed by atoms with E-state index in [0.29, 0.717) is 24.0 Å². The van der Waals surface area contributed by atoms with Gasteiger partial charge in [-0.3, -0.25) is 4.90 Å². The van der Waals surface area contributed by atoms with Gasteiger partial charge in [0.25, 0.3) is 10.0 Å². The van der Waals surface area contributed by atoms with E-state index < -0.39 is 10.0 Å². The highest BCUT2D eigenvalue weighted by Gasteiger charge is 2.35. The standard InChI is InChI=1S/C12H15N3O2S2/c13-9-11-3-4-12(18-11)19(16,17)15-7-5-14(6-8-15)10-1-2-10/h3-4,10H,1-2,5-8H2. The Morgan fingerprint density at radius 2 is 1.89 bits per heavy atom. The zero-order valence-corrected chi connectivity index (χ0v) is 12.1. The Labute approximate surface area is 117 Å². The average Bonchev–Trinajstić information content (AvgIpc) is 3.15. The molecule has 2 heterocycles. The third kappa shape index (κ3) is 2.54. The molecule has 102 valence electrons. The minimum atomic E-state index is -3.41. The van der Waals surface area contributed by atoms with Crippen molar-refractivity contribution < 1.29 is 8.42 Å². The second kappa shape index (κ2) is 4.87. The molecule has 19 heavy (non-hydrogen) atoms. The Balaban J connectivity index is 1.72. The quantitative estimate of drug-likeness (QED) is 0.838. The lowest BCUT2D eigenvalue weighted by Crippen LogP contribution is -2.49. The fourth-order valence-electron chi connectivity index (χ4n) is 2.39. The Hall–Kier alpha value is -0.940. The predicted octanol–water partition coefficient (Wildman–Crippen LogP) is 1.09. The van der Waals surface area contributed by atoms with Gasteiger partial charge >= 0.3 is 0 Å². The van der Waals surface area contributed by atoms with Crippen LogP contribution in [0.25, 0.3) is 0 Å². The summed E-state index contributed by atoms with van der Waals surface area (Å²) in [5.74, 6) is 0. The molecule has 3 rings (SSSR count). The first-order chi connectivity index (χ1) is 9.11. The third-order valence-corrected chi connectivity index (χ3v) is 6.98. The maximum absolute atomic E-state index is 12.4. The predicted molar refractivity (Wildman–Crippen MR) is 72.4 cm³/mol. The molecule has 2 aliphatic rings. The van der Waals surface area contributed by atoms with Crippen molar-refractivity contribution in [3.8, 4) is 6.07 Å². The maximum atomic E-state index is 12.4. The van der Waals surface area contributed by atoms with Crippen LogP contribution in [0.15, 0.2) is 16.3 Å². The van der Waals surface area contributed by atoms with Crippen molar-refractivity contribution in [2.24, 2.45) is 0 Å². The van der Waals surface area contributed by atoms with Gasteiger partial charge in [0.1, 0.15) is 15.2 Å². The molecule has 0 N–H and O–H groups in total. The summed E-state index contributed by atoms with van der Waals surface area (Å²) < 4.78 is 26.7. The molecule has 0 atom stereocenters. The smallest absolute Gasteiger partial charge is 0.252 e. The van der Waals surface area contributed by atoms with Gasteiger partial charge in [0, 0.05) is 32.2 Å². The van der Waals surface area contributed by atoms with Crippen molar-refractivity contribution in [2.75, 3.05) is 26.2 Å². The Bertz CT molecular complexity index is 605. The van der Waals surface area contributed by atoms with Gasteiger partial charge in [-0.05, 0) is 25.0 Å². The van der Waals surface area contributed by atoms with Gasteiger partial charge in [0.15, 0.2) is 0 Å². The number of thiophene rings is 1. The van der Waals surface area contributed by atoms with Crippen LogP contribution in [0.5, 0.6) is 0 Å². The molecule has 0 unspecified atom stereocenters. The van der Waals surface area contributed by atoms with Crippen LogP contribution >= 0.6 is 11.3 Å². The van der Waals surface area contributed by atoms with Crippen LogP contribution in [-0.4, -0.2) is 49.8 Å². The summed E-state index contributed by atoms with van der Waals surface area (Å²) in [7, 11) is -3.41. The summed E-state index contributed by atoms with van der Waals surface area (Å²) in [5, 5.41) is 8.78. The minimum absolute atomic E-state index is 0.281. The van der Waals surface area contributed by atoms with Gasteiger partial charge in [-0.2, -0.15) is 9.57 Å². The average molecular weight is 297 g/mol. The van der Waals surface area contributed by atoms with E-state index in [9.17, 15) is 8.42 Å². The molecule has 1 saturated carbocycles. The molecule has 1 aliphatic heterocycles. The van der Waals surface area contributed by atoms with Crippen LogP contribution < -0.4 is 0 Å². The number of rotatable bonds is 3. The molecule has 1 aromatic rings. The zero-order chi connectivity index (χ0) is 13.5. The first-order valence-electron chi connectivity index (χ1n) is 6.35. The molecular weight excluding hydrogens is 282 g/mol. The fourth-order valence-corrected chi connectivity index (χ4v) is 5.07. The highest BCUT2D eigenvalue weighted by molar-refractivity contribution is 7.91. The van der Waals surface area contributed by atoms with Crippen LogP contribution in [0.3, 0.4) is 0 Å². The van der Waals surface area contributed by atoms with Gasteiger partial charge in [0.05, 0.1) is 0 Å². The van der Waals surface area contributed by atoms with E-state index in [1.54, 1.807) is 10.4 Å². The van der Waals surface area contributed by atoms with Crippen molar-refractivity contribution in [1.82, 2.24) is 9.21 Å². The first kappa shape index (κ1) is 13.1. The third-order valence-electron chi connectivity index (χ3n) is 3.62. The summed E-state index contributed by atoms with van der Waals surface area (Å²) in [6, 6.07) is 5.77. The highest BCUT2D eigenvalue weighted by atomic mass is 32.2. The molecule has 1 saturated heterocycles. The van der Waals surface area contributed by atoms with E-state index in [2.05, 4.69) is 4.90 Å². The maximum Gasteiger partial charge on any atom is 0.252 e. The lowest BCUT2D eigenvalue weighted by Gasteiger charge is -2.33. The van der Waals surface area contributed by atoms with E-state index in [1.165, 1.54) is 18.9 Å². The molecule has 1 aromatic heterocycles. The number of hydrogen-bond acceptors (Lipinski definition) is 5. The van der Waals surface area contributed by atoms with Crippen LogP contribution in [0.4, 0.5) is 0 Å².